The number of esters is 1. The van der Waals surface area contributed by atoms with Crippen molar-refractivity contribution >= 4 is 16.9 Å². The van der Waals surface area contributed by atoms with Crippen LogP contribution in [-0.2, 0) is 16.0 Å². The maximum absolute atomic E-state index is 11.5. The molecule has 1 aromatic heterocycles. The van der Waals surface area contributed by atoms with Crippen LogP contribution in [0.3, 0.4) is 0 Å². The number of hydrogen-bond donors (Lipinski definition) is 1. The summed E-state index contributed by atoms with van der Waals surface area (Å²) in [6.45, 7) is 4.02. The average Bonchev–Trinajstić information content (AvgIpc) is 2.28. The fourth-order valence-corrected chi connectivity index (χ4v) is 1.95. The summed E-state index contributed by atoms with van der Waals surface area (Å²) in [5.41, 5.74) is 2.37. The Kier molecular flexibility index (Phi) is 3.46. The summed E-state index contributed by atoms with van der Waals surface area (Å²) < 4.78 is 4.95. The Morgan fingerprint density at radius 1 is 1.39 bits per heavy atom. The first-order valence-electron chi connectivity index (χ1n) is 5.85. The van der Waals surface area contributed by atoms with Crippen molar-refractivity contribution in [3.63, 3.8) is 0 Å². The molecule has 94 valence electrons. The average molecular weight is 245 g/mol. The molecule has 2 aromatic rings. The predicted molar refractivity (Wildman–Crippen MR) is 68.5 cm³/mol. The summed E-state index contributed by atoms with van der Waals surface area (Å²) in [7, 11) is 0. The minimum atomic E-state index is -0.252. The Morgan fingerprint density at radius 2 is 2.17 bits per heavy atom. The Hall–Kier alpha value is -2.10. The summed E-state index contributed by atoms with van der Waals surface area (Å²) in [4.78, 5) is 15.9. The van der Waals surface area contributed by atoms with E-state index in [0.29, 0.717) is 12.1 Å². The molecule has 0 aliphatic heterocycles. The standard InChI is InChI=1S/C14H15NO3/c1-3-18-14(17)7-10-6-9(2)15-13-8-11(16)4-5-12(10)13/h4-6,8,16H,3,7H2,1-2H3. The number of aromatic hydroxyl groups is 1. The number of rotatable bonds is 3. The van der Waals surface area contributed by atoms with E-state index in [1.165, 1.54) is 0 Å². The van der Waals surface area contributed by atoms with Crippen molar-refractivity contribution in [2.75, 3.05) is 6.61 Å². The van der Waals surface area contributed by atoms with Gasteiger partial charge in [-0.05, 0) is 37.6 Å². The number of aryl methyl sites for hydroxylation is 1. The van der Waals surface area contributed by atoms with Gasteiger partial charge in [-0.1, -0.05) is 0 Å². The molecule has 0 spiro atoms. The van der Waals surface area contributed by atoms with Crippen LogP contribution in [0.25, 0.3) is 10.9 Å². The molecule has 0 amide bonds. The second kappa shape index (κ2) is 5.04. The number of nitrogens with zero attached hydrogens (tertiary/aromatic N) is 1. The molecule has 4 heteroatoms. The number of phenolic OH excluding ortho intramolecular Hbond substituents is 1. The van der Waals surface area contributed by atoms with Crippen LogP contribution < -0.4 is 0 Å². The van der Waals surface area contributed by atoms with Crippen LogP contribution in [0.4, 0.5) is 0 Å². The Balaban J connectivity index is 2.46. The summed E-state index contributed by atoms with van der Waals surface area (Å²) in [6.07, 6.45) is 0.221. The van der Waals surface area contributed by atoms with E-state index in [9.17, 15) is 9.90 Å². The van der Waals surface area contributed by atoms with Crippen LogP contribution in [-0.4, -0.2) is 22.7 Å². The number of aromatic nitrogens is 1. The third-order valence-electron chi connectivity index (χ3n) is 2.65. The fraction of sp³-hybridized carbons (Fsp3) is 0.286. The topological polar surface area (TPSA) is 59.4 Å². The van der Waals surface area contributed by atoms with Gasteiger partial charge in [0.25, 0.3) is 0 Å². The number of carbonyl (C=O) groups is 1. The lowest BCUT2D eigenvalue weighted by Gasteiger charge is -2.08. The van der Waals surface area contributed by atoms with Crippen molar-refractivity contribution in [3.05, 3.63) is 35.5 Å². The fourth-order valence-electron chi connectivity index (χ4n) is 1.95. The molecule has 0 unspecified atom stereocenters. The lowest BCUT2D eigenvalue weighted by Crippen LogP contribution is -2.08. The molecule has 18 heavy (non-hydrogen) atoms. The number of benzene rings is 1. The Labute approximate surface area is 105 Å². The van der Waals surface area contributed by atoms with E-state index in [0.717, 1.165) is 16.6 Å². The minimum Gasteiger partial charge on any atom is -0.508 e. The van der Waals surface area contributed by atoms with Crippen molar-refractivity contribution < 1.29 is 14.6 Å². The SMILES string of the molecule is CCOC(=O)Cc1cc(C)nc2cc(O)ccc12. The summed E-state index contributed by atoms with van der Waals surface area (Å²) >= 11 is 0. The first-order valence-corrected chi connectivity index (χ1v) is 5.85. The quantitative estimate of drug-likeness (QED) is 0.843. The third-order valence-corrected chi connectivity index (χ3v) is 2.65. The Morgan fingerprint density at radius 3 is 2.89 bits per heavy atom. The van der Waals surface area contributed by atoms with Crippen LogP contribution >= 0.6 is 0 Å². The molecule has 0 atom stereocenters. The van der Waals surface area contributed by atoms with Crippen LogP contribution in [0.5, 0.6) is 5.75 Å². The molecule has 0 aliphatic rings. The van der Waals surface area contributed by atoms with E-state index in [-0.39, 0.29) is 18.1 Å². The minimum absolute atomic E-state index is 0.169. The van der Waals surface area contributed by atoms with Crippen molar-refractivity contribution in [3.8, 4) is 5.75 Å². The second-order valence-electron chi connectivity index (χ2n) is 4.11. The zero-order valence-electron chi connectivity index (χ0n) is 10.4. The zero-order chi connectivity index (χ0) is 13.1. The molecule has 1 heterocycles. The van der Waals surface area contributed by atoms with Crippen LogP contribution in [0, 0.1) is 6.92 Å². The van der Waals surface area contributed by atoms with Gasteiger partial charge in [-0.15, -0.1) is 0 Å². The van der Waals surface area contributed by atoms with Gasteiger partial charge in [-0.2, -0.15) is 0 Å². The van der Waals surface area contributed by atoms with Gasteiger partial charge in [0.15, 0.2) is 0 Å². The number of pyridine rings is 1. The molecule has 0 saturated carbocycles. The smallest absolute Gasteiger partial charge is 0.310 e. The largest absolute Gasteiger partial charge is 0.508 e. The van der Waals surface area contributed by atoms with E-state index in [1.807, 2.05) is 13.0 Å². The van der Waals surface area contributed by atoms with Gasteiger partial charge in [-0.3, -0.25) is 9.78 Å². The molecule has 0 radical (unpaired) electrons. The van der Waals surface area contributed by atoms with Crippen LogP contribution in [0.15, 0.2) is 24.3 Å². The Bertz CT molecular complexity index is 588. The molecule has 2 rings (SSSR count). The second-order valence-corrected chi connectivity index (χ2v) is 4.11. The highest BCUT2D eigenvalue weighted by molar-refractivity contribution is 5.87. The molecule has 0 aliphatic carbocycles. The van der Waals surface area contributed by atoms with Gasteiger partial charge in [-0.25, -0.2) is 0 Å². The predicted octanol–water partition coefficient (Wildman–Crippen LogP) is 2.35. The number of phenols is 1. The van der Waals surface area contributed by atoms with Gasteiger partial charge in [0.1, 0.15) is 5.75 Å². The molecule has 1 aromatic carbocycles. The number of carbonyl (C=O) groups excluding carboxylic acids is 1. The van der Waals surface area contributed by atoms with E-state index in [1.54, 1.807) is 25.1 Å². The maximum atomic E-state index is 11.5. The van der Waals surface area contributed by atoms with Gasteiger partial charge < -0.3 is 9.84 Å². The molecule has 0 fully saturated rings. The van der Waals surface area contributed by atoms with Gasteiger partial charge in [0.2, 0.25) is 0 Å². The van der Waals surface area contributed by atoms with Crippen molar-refractivity contribution in [2.45, 2.75) is 20.3 Å². The van der Waals surface area contributed by atoms with Crippen LogP contribution in [0.2, 0.25) is 0 Å². The van der Waals surface area contributed by atoms with Crippen molar-refractivity contribution in [2.24, 2.45) is 0 Å². The van der Waals surface area contributed by atoms with Crippen LogP contribution in [0.1, 0.15) is 18.2 Å². The van der Waals surface area contributed by atoms with Crippen molar-refractivity contribution in [1.29, 1.82) is 0 Å². The highest BCUT2D eigenvalue weighted by Crippen LogP contribution is 2.23. The highest BCUT2D eigenvalue weighted by Gasteiger charge is 2.10. The molecule has 4 nitrogen and oxygen atoms in total. The van der Waals surface area contributed by atoms with E-state index in [4.69, 9.17) is 4.74 Å². The zero-order valence-corrected chi connectivity index (χ0v) is 10.4. The van der Waals surface area contributed by atoms with E-state index >= 15 is 0 Å². The maximum Gasteiger partial charge on any atom is 0.310 e. The molecule has 0 saturated heterocycles. The van der Waals surface area contributed by atoms with E-state index in [2.05, 4.69) is 4.98 Å². The van der Waals surface area contributed by atoms with Gasteiger partial charge in [0, 0.05) is 17.1 Å². The normalized spacial score (nSPS) is 10.6. The number of hydrogen-bond acceptors (Lipinski definition) is 4. The van der Waals surface area contributed by atoms with Gasteiger partial charge >= 0.3 is 5.97 Å². The summed E-state index contributed by atoms with van der Waals surface area (Å²) in [6, 6.07) is 6.83. The monoisotopic (exact) mass is 245 g/mol. The molecule has 0 bridgehead atoms. The van der Waals surface area contributed by atoms with Crippen molar-refractivity contribution in [1.82, 2.24) is 4.98 Å². The highest BCUT2D eigenvalue weighted by atomic mass is 16.5. The summed E-state index contributed by atoms with van der Waals surface area (Å²) in [5, 5.41) is 10.3. The third kappa shape index (κ3) is 2.59. The first-order chi connectivity index (χ1) is 8.60. The molecular weight excluding hydrogens is 230 g/mol. The lowest BCUT2D eigenvalue weighted by molar-refractivity contribution is -0.142. The lowest BCUT2D eigenvalue weighted by atomic mass is 10.0. The number of ether oxygens (including phenoxy) is 1. The summed E-state index contributed by atoms with van der Waals surface area (Å²) in [5.74, 6) is -0.0832. The molecule has 1 N–H and O–H groups in total. The van der Waals surface area contributed by atoms with Gasteiger partial charge in [0.05, 0.1) is 18.5 Å². The number of fused-ring (bicyclic) bond motifs is 1. The first kappa shape index (κ1) is 12.4. The molecular formula is C14H15NO3. The van der Waals surface area contributed by atoms with E-state index < -0.39 is 0 Å².